The number of hydrogen-bond donors (Lipinski definition) is 1. The molecule has 2 nitrogen and oxygen atoms in total. The van der Waals surface area contributed by atoms with Gasteiger partial charge in [-0.25, -0.2) is 0 Å². The van der Waals surface area contributed by atoms with Crippen LogP contribution in [0.1, 0.15) is 33.6 Å². The highest BCUT2D eigenvalue weighted by atomic mass is 15.1. The monoisotopic (exact) mass is 184 g/mol. The lowest BCUT2D eigenvalue weighted by molar-refractivity contribution is 0.262. The second-order valence-electron chi connectivity index (χ2n) is 4.53. The number of hydrogen-bond acceptors (Lipinski definition) is 2. The van der Waals surface area contributed by atoms with Gasteiger partial charge in [-0.15, -0.1) is 0 Å². The smallest absolute Gasteiger partial charge is 0.0254 e. The molecule has 2 N–H and O–H groups in total. The molecule has 0 aromatic rings. The Morgan fingerprint density at radius 1 is 1.54 bits per heavy atom. The highest BCUT2D eigenvalue weighted by Gasteiger charge is 2.18. The Hall–Kier alpha value is -0.340. The van der Waals surface area contributed by atoms with E-state index in [2.05, 4.69) is 32.4 Å². The van der Waals surface area contributed by atoms with Crippen molar-refractivity contribution >= 4 is 0 Å². The molecule has 0 aliphatic rings. The van der Waals surface area contributed by atoms with Gasteiger partial charge in [-0.1, -0.05) is 25.5 Å². The van der Waals surface area contributed by atoms with Gasteiger partial charge in [-0.3, -0.25) is 0 Å². The van der Waals surface area contributed by atoms with E-state index in [1.807, 2.05) is 6.92 Å². The van der Waals surface area contributed by atoms with Crippen molar-refractivity contribution in [2.75, 3.05) is 20.1 Å². The SMILES string of the molecule is C=C(C)CN(C)CC(C)(N)CCC. The number of rotatable bonds is 6. The van der Waals surface area contributed by atoms with Gasteiger partial charge in [0.2, 0.25) is 0 Å². The second-order valence-corrected chi connectivity index (χ2v) is 4.53. The largest absolute Gasteiger partial charge is 0.324 e. The van der Waals surface area contributed by atoms with E-state index in [-0.39, 0.29) is 5.54 Å². The normalized spacial score (nSPS) is 15.8. The van der Waals surface area contributed by atoms with E-state index < -0.39 is 0 Å². The van der Waals surface area contributed by atoms with Crippen molar-refractivity contribution < 1.29 is 0 Å². The first-order valence-corrected chi connectivity index (χ1v) is 4.99. The van der Waals surface area contributed by atoms with Crippen molar-refractivity contribution in [3.05, 3.63) is 12.2 Å². The third-order valence-electron chi connectivity index (χ3n) is 1.99. The predicted octanol–water partition coefficient (Wildman–Crippen LogP) is 2.01. The molecule has 0 spiro atoms. The summed E-state index contributed by atoms with van der Waals surface area (Å²) < 4.78 is 0. The third kappa shape index (κ3) is 6.79. The van der Waals surface area contributed by atoms with Crippen LogP contribution in [0.3, 0.4) is 0 Å². The number of nitrogens with two attached hydrogens (primary N) is 1. The Balaban J connectivity index is 3.88. The van der Waals surface area contributed by atoms with Gasteiger partial charge >= 0.3 is 0 Å². The predicted molar refractivity (Wildman–Crippen MR) is 59.8 cm³/mol. The van der Waals surface area contributed by atoms with Gasteiger partial charge in [-0.05, 0) is 27.3 Å². The number of nitrogens with zero attached hydrogens (tertiary/aromatic N) is 1. The average molecular weight is 184 g/mol. The lowest BCUT2D eigenvalue weighted by atomic mass is 9.97. The lowest BCUT2D eigenvalue weighted by Gasteiger charge is -2.30. The summed E-state index contributed by atoms with van der Waals surface area (Å²) in [6.07, 6.45) is 2.22. The van der Waals surface area contributed by atoms with E-state index in [0.717, 1.165) is 25.9 Å². The molecule has 78 valence electrons. The molecule has 0 rings (SSSR count). The van der Waals surface area contributed by atoms with Gasteiger partial charge in [0.05, 0.1) is 0 Å². The zero-order valence-electron chi connectivity index (χ0n) is 9.56. The molecule has 1 atom stereocenters. The fourth-order valence-electron chi connectivity index (χ4n) is 1.78. The molecule has 0 radical (unpaired) electrons. The fourth-order valence-corrected chi connectivity index (χ4v) is 1.78. The molecule has 2 heteroatoms. The molecule has 1 unspecified atom stereocenters. The van der Waals surface area contributed by atoms with Crippen LogP contribution in [0.5, 0.6) is 0 Å². The summed E-state index contributed by atoms with van der Waals surface area (Å²) in [6.45, 7) is 12.1. The first kappa shape index (κ1) is 12.7. The van der Waals surface area contributed by atoms with E-state index in [9.17, 15) is 0 Å². The van der Waals surface area contributed by atoms with Crippen molar-refractivity contribution in [3.63, 3.8) is 0 Å². The maximum atomic E-state index is 6.13. The molecule has 13 heavy (non-hydrogen) atoms. The topological polar surface area (TPSA) is 29.3 Å². The molecule has 0 aromatic carbocycles. The van der Waals surface area contributed by atoms with E-state index in [0.29, 0.717) is 0 Å². The van der Waals surface area contributed by atoms with Crippen molar-refractivity contribution in [2.45, 2.75) is 39.2 Å². The van der Waals surface area contributed by atoms with E-state index in [4.69, 9.17) is 5.73 Å². The Kier molecular flexibility index (Phi) is 5.26. The molecule has 0 heterocycles. The Morgan fingerprint density at radius 3 is 2.46 bits per heavy atom. The minimum absolute atomic E-state index is 0.0566. The zero-order valence-corrected chi connectivity index (χ0v) is 9.56. The van der Waals surface area contributed by atoms with Crippen molar-refractivity contribution in [2.24, 2.45) is 5.73 Å². The molecule has 0 aliphatic carbocycles. The molecule has 0 saturated carbocycles. The van der Waals surface area contributed by atoms with Crippen LogP contribution < -0.4 is 5.73 Å². The van der Waals surface area contributed by atoms with Crippen molar-refractivity contribution in [1.82, 2.24) is 4.90 Å². The van der Waals surface area contributed by atoms with Gasteiger partial charge in [0.1, 0.15) is 0 Å². The van der Waals surface area contributed by atoms with E-state index in [1.165, 1.54) is 5.57 Å². The van der Waals surface area contributed by atoms with Crippen LogP contribution in [0.2, 0.25) is 0 Å². The molecule has 0 bridgehead atoms. The number of likely N-dealkylation sites (N-methyl/N-ethyl adjacent to an activating group) is 1. The maximum absolute atomic E-state index is 6.13. The Morgan fingerprint density at radius 2 is 2.08 bits per heavy atom. The minimum Gasteiger partial charge on any atom is -0.324 e. The van der Waals surface area contributed by atoms with Crippen LogP contribution in [0.4, 0.5) is 0 Å². The Bertz CT molecular complexity index is 161. The van der Waals surface area contributed by atoms with Crippen LogP contribution in [0, 0.1) is 0 Å². The van der Waals surface area contributed by atoms with Crippen LogP contribution in [0.15, 0.2) is 12.2 Å². The minimum atomic E-state index is -0.0566. The maximum Gasteiger partial charge on any atom is 0.0254 e. The van der Waals surface area contributed by atoms with Gasteiger partial charge in [0.25, 0.3) is 0 Å². The van der Waals surface area contributed by atoms with Crippen LogP contribution in [-0.2, 0) is 0 Å². The lowest BCUT2D eigenvalue weighted by Crippen LogP contribution is -2.46. The van der Waals surface area contributed by atoms with Crippen molar-refractivity contribution in [1.29, 1.82) is 0 Å². The van der Waals surface area contributed by atoms with E-state index in [1.54, 1.807) is 0 Å². The van der Waals surface area contributed by atoms with Crippen molar-refractivity contribution in [3.8, 4) is 0 Å². The first-order chi connectivity index (χ1) is 5.87. The molecule has 0 saturated heterocycles. The molecule has 0 fully saturated rings. The van der Waals surface area contributed by atoms with Gasteiger partial charge in [-0.2, -0.15) is 0 Å². The summed E-state index contributed by atoms with van der Waals surface area (Å²) in [5.74, 6) is 0. The fraction of sp³-hybridized carbons (Fsp3) is 0.818. The quantitative estimate of drug-likeness (QED) is 0.640. The van der Waals surface area contributed by atoms with Crippen LogP contribution >= 0.6 is 0 Å². The summed E-state index contributed by atoms with van der Waals surface area (Å²) in [6, 6.07) is 0. The summed E-state index contributed by atoms with van der Waals surface area (Å²) in [7, 11) is 2.09. The van der Waals surface area contributed by atoms with Crippen LogP contribution in [0.25, 0.3) is 0 Å². The molecular weight excluding hydrogens is 160 g/mol. The van der Waals surface area contributed by atoms with Crippen LogP contribution in [-0.4, -0.2) is 30.6 Å². The molecule has 0 aromatic heterocycles. The third-order valence-corrected chi connectivity index (χ3v) is 1.99. The standard InChI is InChI=1S/C11H24N2/c1-6-7-11(4,12)9-13(5)8-10(2)3/h2,6-9,12H2,1,3-5H3. The summed E-state index contributed by atoms with van der Waals surface area (Å²) in [5, 5.41) is 0. The average Bonchev–Trinajstić information content (AvgIpc) is 1.81. The second kappa shape index (κ2) is 5.40. The van der Waals surface area contributed by atoms with Gasteiger partial charge in [0.15, 0.2) is 0 Å². The zero-order chi connectivity index (χ0) is 10.5. The van der Waals surface area contributed by atoms with Gasteiger partial charge in [0, 0.05) is 18.6 Å². The van der Waals surface area contributed by atoms with E-state index >= 15 is 0 Å². The molecular formula is C11H24N2. The highest BCUT2D eigenvalue weighted by molar-refractivity contribution is 4.93. The highest BCUT2D eigenvalue weighted by Crippen LogP contribution is 2.10. The summed E-state index contributed by atoms with van der Waals surface area (Å²) >= 11 is 0. The van der Waals surface area contributed by atoms with Gasteiger partial charge < -0.3 is 10.6 Å². The molecule has 0 aliphatic heterocycles. The summed E-state index contributed by atoms with van der Waals surface area (Å²) in [4.78, 5) is 2.23. The summed E-state index contributed by atoms with van der Waals surface area (Å²) in [5.41, 5.74) is 7.27. The Labute approximate surface area is 82.8 Å². The first-order valence-electron chi connectivity index (χ1n) is 4.99. The molecule has 0 amide bonds.